The normalized spacial score (nSPS) is 14.2. The molecule has 0 amide bonds. The first-order valence-electron chi connectivity index (χ1n) is 11.6. The molecule has 0 aromatic carbocycles. The topological polar surface area (TPSA) is 88.9 Å². The summed E-state index contributed by atoms with van der Waals surface area (Å²) in [5, 5.41) is 8.67. The molecule has 3 rings (SSSR count). The number of rotatable bonds is 8. The summed E-state index contributed by atoms with van der Waals surface area (Å²) in [5.74, 6) is -0.935. The molecule has 1 N–H and O–H groups in total. The molecule has 0 bridgehead atoms. The van der Waals surface area contributed by atoms with Crippen molar-refractivity contribution in [3.05, 3.63) is 33.5 Å². The van der Waals surface area contributed by atoms with E-state index < -0.39 is 11.9 Å². The van der Waals surface area contributed by atoms with E-state index in [9.17, 15) is 9.59 Å². The number of aromatic nitrogens is 2. The zero-order chi connectivity index (χ0) is 24.8. The molecule has 1 aliphatic rings. The van der Waals surface area contributed by atoms with Gasteiger partial charge in [-0.2, -0.15) is 5.10 Å². The molecule has 2 aromatic heterocycles. The van der Waals surface area contributed by atoms with Gasteiger partial charge in [-0.25, -0.2) is 9.59 Å². The zero-order valence-corrected chi connectivity index (χ0v) is 22.1. The SMILES string of the molecule is CCOC(=O)c1sc(NC(=S)N2CCN(Cc3cnn(CC)c3C)CC2)c(C(=O)OCC)c1C. The van der Waals surface area contributed by atoms with Gasteiger partial charge in [0.15, 0.2) is 5.11 Å². The quantitative estimate of drug-likeness (QED) is 0.426. The molecular weight excluding hydrogens is 474 g/mol. The molecule has 2 aromatic rings. The van der Waals surface area contributed by atoms with Crippen molar-refractivity contribution >= 4 is 45.6 Å². The third-order valence-corrected chi connectivity index (χ3v) is 7.41. The number of thiophene rings is 1. The van der Waals surface area contributed by atoms with Gasteiger partial charge in [-0.15, -0.1) is 11.3 Å². The Kier molecular flexibility index (Phi) is 9.03. The van der Waals surface area contributed by atoms with Crippen LogP contribution in [-0.4, -0.2) is 76.0 Å². The van der Waals surface area contributed by atoms with Crippen LogP contribution in [0.15, 0.2) is 6.20 Å². The number of aryl methyl sites for hydroxylation is 1. The Morgan fingerprint density at radius 2 is 1.74 bits per heavy atom. The van der Waals surface area contributed by atoms with Crippen molar-refractivity contribution < 1.29 is 19.1 Å². The fraction of sp³-hybridized carbons (Fsp3) is 0.565. The van der Waals surface area contributed by atoms with Crippen LogP contribution in [0.1, 0.15) is 57.6 Å². The Morgan fingerprint density at radius 1 is 1.09 bits per heavy atom. The summed E-state index contributed by atoms with van der Waals surface area (Å²) >= 11 is 6.83. The van der Waals surface area contributed by atoms with Crippen LogP contribution in [0.4, 0.5) is 5.00 Å². The van der Waals surface area contributed by atoms with Crippen molar-refractivity contribution in [3.8, 4) is 0 Å². The molecule has 0 radical (unpaired) electrons. The molecule has 1 fully saturated rings. The first kappa shape index (κ1) is 26.1. The molecule has 0 saturated carbocycles. The maximum atomic E-state index is 12.6. The first-order chi connectivity index (χ1) is 16.3. The summed E-state index contributed by atoms with van der Waals surface area (Å²) in [5.41, 5.74) is 3.33. The molecule has 11 heteroatoms. The number of nitrogens with one attached hydrogen (secondary N) is 1. The predicted octanol–water partition coefficient (Wildman–Crippen LogP) is 3.45. The fourth-order valence-corrected chi connectivity index (χ4v) is 5.36. The van der Waals surface area contributed by atoms with Gasteiger partial charge in [0.25, 0.3) is 0 Å². The Morgan fingerprint density at radius 3 is 2.32 bits per heavy atom. The number of carbonyl (C=O) groups excluding carboxylic acids is 2. The smallest absolute Gasteiger partial charge is 0.348 e. The molecular formula is C23H33N5O4S2. The monoisotopic (exact) mass is 507 g/mol. The number of hydrogen-bond donors (Lipinski definition) is 1. The van der Waals surface area contributed by atoms with Gasteiger partial charge in [-0.05, 0) is 52.4 Å². The second-order valence-corrected chi connectivity index (χ2v) is 9.37. The Balaban J connectivity index is 1.67. The van der Waals surface area contributed by atoms with Gasteiger partial charge in [-0.1, -0.05) is 0 Å². The Hall–Kier alpha value is -2.50. The molecule has 1 aliphatic heterocycles. The van der Waals surface area contributed by atoms with Crippen LogP contribution in [0.25, 0.3) is 0 Å². The number of carbonyl (C=O) groups is 2. The summed E-state index contributed by atoms with van der Waals surface area (Å²) in [4.78, 5) is 29.9. The van der Waals surface area contributed by atoms with Crippen LogP contribution in [0.5, 0.6) is 0 Å². The molecule has 0 atom stereocenters. The number of thiocarbonyl (C=S) groups is 1. The van der Waals surface area contributed by atoms with Crippen molar-refractivity contribution in [3.63, 3.8) is 0 Å². The molecule has 9 nitrogen and oxygen atoms in total. The van der Waals surface area contributed by atoms with Crippen LogP contribution >= 0.6 is 23.6 Å². The minimum atomic E-state index is -0.482. The van der Waals surface area contributed by atoms with Gasteiger partial charge in [0.2, 0.25) is 0 Å². The summed E-state index contributed by atoms with van der Waals surface area (Å²) in [7, 11) is 0. The maximum absolute atomic E-state index is 12.6. The lowest BCUT2D eigenvalue weighted by molar-refractivity contribution is 0.0527. The van der Waals surface area contributed by atoms with Crippen LogP contribution in [0, 0.1) is 13.8 Å². The number of ether oxygens (including phenoxy) is 2. The van der Waals surface area contributed by atoms with Gasteiger partial charge in [0.05, 0.1) is 25.0 Å². The van der Waals surface area contributed by atoms with E-state index >= 15 is 0 Å². The lowest BCUT2D eigenvalue weighted by Crippen LogP contribution is -2.49. The second kappa shape index (κ2) is 11.8. The number of esters is 2. The lowest BCUT2D eigenvalue weighted by atomic mass is 10.1. The van der Waals surface area contributed by atoms with Gasteiger partial charge < -0.3 is 19.7 Å². The molecule has 0 aliphatic carbocycles. The van der Waals surface area contributed by atoms with Crippen molar-refractivity contribution in [1.82, 2.24) is 19.6 Å². The molecule has 0 unspecified atom stereocenters. The van der Waals surface area contributed by atoms with Crippen LogP contribution in [0.2, 0.25) is 0 Å². The first-order valence-corrected chi connectivity index (χ1v) is 12.8. The summed E-state index contributed by atoms with van der Waals surface area (Å²) < 4.78 is 12.4. The van der Waals surface area contributed by atoms with E-state index in [0.717, 1.165) is 39.3 Å². The average Bonchev–Trinajstić information content (AvgIpc) is 3.33. The predicted molar refractivity (Wildman–Crippen MR) is 137 cm³/mol. The lowest BCUT2D eigenvalue weighted by Gasteiger charge is -2.36. The number of nitrogens with zero attached hydrogens (tertiary/aromatic N) is 4. The number of hydrogen-bond acceptors (Lipinski definition) is 8. The van der Waals surface area contributed by atoms with Crippen LogP contribution in [0.3, 0.4) is 0 Å². The van der Waals surface area contributed by atoms with E-state index in [2.05, 4.69) is 34.1 Å². The van der Waals surface area contributed by atoms with Gasteiger partial charge in [0, 0.05) is 50.5 Å². The summed E-state index contributed by atoms with van der Waals surface area (Å²) in [6.07, 6.45) is 1.95. The molecule has 1 saturated heterocycles. The maximum Gasteiger partial charge on any atom is 0.348 e. The highest BCUT2D eigenvalue weighted by Gasteiger charge is 2.28. The van der Waals surface area contributed by atoms with E-state index in [1.165, 1.54) is 22.6 Å². The Labute approximate surface area is 210 Å². The van der Waals surface area contributed by atoms with Gasteiger partial charge in [-0.3, -0.25) is 9.58 Å². The zero-order valence-electron chi connectivity index (χ0n) is 20.5. The molecule has 186 valence electrons. The second-order valence-electron chi connectivity index (χ2n) is 7.97. The molecule has 3 heterocycles. The van der Waals surface area contributed by atoms with E-state index in [4.69, 9.17) is 21.7 Å². The van der Waals surface area contributed by atoms with E-state index in [0.29, 0.717) is 26.1 Å². The highest BCUT2D eigenvalue weighted by molar-refractivity contribution is 7.80. The average molecular weight is 508 g/mol. The van der Waals surface area contributed by atoms with E-state index in [-0.39, 0.29) is 13.2 Å². The standard InChI is InChI=1S/C23H33N5O4S2/c1-6-28-16(5)17(13-24-28)14-26-9-11-27(12-10-26)23(33)25-20-18(21(29)31-7-2)15(4)19(34-20)22(30)32-8-3/h13H,6-12,14H2,1-5H3,(H,25,33). The highest BCUT2D eigenvalue weighted by atomic mass is 32.1. The minimum absolute atomic E-state index is 0.241. The third-order valence-electron chi connectivity index (χ3n) is 5.87. The Bertz CT molecular complexity index is 1040. The third kappa shape index (κ3) is 5.76. The van der Waals surface area contributed by atoms with Crippen molar-refractivity contribution in [2.24, 2.45) is 0 Å². The van der Waals surface area contributed by atoms with Crippen molar-refractivity contribution in [1.29, 1.82) is 0 Å². The van der Waals surface area contributed by atoms with E-state index in [1.807, 2.05) is 10.9 Å². The van der Waals surface area contributed by atoms with E-state index in [1.54, 1.807) is 20.8 Å². The van der Waals surface area contributed by atoms with Gasteiger partial charge in [0.1, 0.15) is 9.88 Å². The van der Waals surface area contributed by atoms with Crippen molar-refractivity contribution in [2.45, 2.75) is 47.7 Å². The molecule has 0 spiro atoms. The largest absolute Gasteiger partial charge is 0.462 e. The minimum Gasteiger partial charge on any atom is -0.462 e. The van der Waals surface area contributed by atoms with Crippen LogP contribution in [-0.2, 0) is 22.6 Å². The molecule has 34 heavy (non-hydrogen) atoms. The van der Waals surface area contributed by atoms with Crippen molar-refractivity contribution in [2.75, 3.05) is 44.7 Å². The van der Waals surface area contributed by atoms with Gasteiger partial charge >= 0.3 is 11.9 Å². The fourth-order valence-electron chi connectivity index (χ4n) is 3.93. The summed E-state index contributed by atoms with van der Waals surface area (Å²) in [6.45, 7) is 14.9. The highest BCUT2D eigenvalue weighted by Crippen LogP contribution is 2.34. The number of piperazine rings is 1. The number of anilines is 1. The summed E-state index contributed by atoms with van der Waals surface area (Å²) in [6, 6.07) is 0. The van der Waals surface area contributed by atoms with Crippen LogP contribution < -0.4 is 5.32 Å².